The lowest BCUT2D eigenvalue weighted by Gasteiger charge is -2.10. The van der Waals surface area contributed by atoms with Crippen molar-refractivity contribution in [2.45, 2.75) is 39.1 Å². The highest BCUT2D eigenvalue weighted by Crippen LogP contribution is 2.21. The van der Waals surface area contributed by atoms with E-state index in [9.17, 15) is 4.79 Å². The third kappa shape index (κ3) is 5.04. The summed E-state index contributed by atoms with van der Waals surface area (Å²) < 4.78 is 7.81. The van der Waals surface area contributed by atoms with Crippen LogP contribution in [0, 0.1) is 13.8 Å². The van der Waals surface area contributed by atoms with E-state index in [1.165, 1.54) is 23.1 Å². The average molecular weight is 405 g/mol. The summed E-state index contributed by atoms with van der Waals surface area (Å²) in [5.74, 6) is 1.61. The minimum atomic E-state index is -0.153. The molecular weight excluding hydrogens is 384 g/mol. The Morgan fingerprint density at radius 2 is 2.04 bits per heavy atom. The van der Waals surface area contributed by atoms with Crippen molar-refractivity contribution in [2.24, 2.45) is 0 Å². The number of benzene rings is 1. The van der Waals surface area contributed by atoms with Gasteiger partial charge >= 0.3 is 0 Å². The van der Waals surface area contributed by atoms with Crippen molar-refractivity contribution >= 4 is 34.1 Å². The number of aryl methyl sites for hydroxylation is 2. The molecule has 3 rings (SSSR count). The lowest BCUT2D eigenvalue weighted by Crippen LogP contribution is -2.14. The van der Waals surface area contributed by atoms with Gasteiger partial charge in [0.1, 0.15) is 17.4 Å². The quantitative estimate of drug-likeness (QED) is 0.577. The van der Waals surface area contributed by atoms with Gasteiger partial charge in [-0.25, -0.2) is 0 Å². The van der Waals surface area contributed by atoms with Crippen molar-refractivity contribution in [1.29, 1.82) is 0 Å². The van der Waals surface area contributed by atoms with E-state index >= 15 is 0 Å². The summed E-state index contributed by atoms with van der Waals surface area (Å²) >= 11 is 2.67. The van der Waals surface area contributed by atoms with Gasteiger partial charge in [-0.2, -0.15) is 0 Å². The summed E-state index contributed by atoms with van der Waals surface area (Å²) in [5, 5.41) is 20.9. The van der Waals surface area contributed by atoms with Gasteiger partial charge in [0.2, 0.25) is 11.0 Å². The molecule has 1 N–H and O–H groups in total. The van der Waals surface area contributed by atoms with Gasteiger partial charge in [-0.15, -0.1) is 20.4 Å². The topological polar surface area (TPSA) is 94.8 Å². The predicted molar refractivity (Wildman–Crippen MR) is 105 cm³/mol. The number of anilines is 1. The van der Waals surface area contributed by atoms with E-state index in [0.29, 0.717) is 23.4 Å². The number of nitrogens with one attached hydrogen (secondary N) is 1. The maximum atomic E-state index is 12.1. The molecule has 0 aliphatic carbocycles. The van der Waals surface area contributed by atoms with E-state index in [-0.39, 0.29) is 11.7 Å². The minimum absolute atomic E-state index is 0.153. The van der Waals surface area contributed by atoms with Crippen molar-refractivity contribution in [2.75, 3.05) is 11.1 Å². The molecule has 0 spiro atoms. The Balaban J connectivity index is 1.58. The number of carbonyl (C=O) groups excluding carboxylic acids is 1. The van der Waals surface area contributed by atoms with Gasteiger partial charge < -0.3 is 9.30 Å². The van der Waals surface area contributed by atoms with Gasteiger partial charge in [-0.05, 0) is 32.4 Å². The number of rotatable bonds is 8. The molecular formula is C17H20N6O2S2. The van der Waals surface area contributed by atoms with Gasteiger partial charge in [0.05, 0.1) is 5.75 Å². The molecule has 0 aliphatic rings. The first kappa shape index (κ1) is 19.3. The second-order valence-corrected chi connectivity index (χ2v) is 7.78. The van der Waals surface area contributed by atoms with Crippen LogP contribution in [0.5, 0.6) is 5.75 Å². The Morgan fingerprint density at radius 1 is 1.22 bits per heavy atom. The zero-order valence-corrected chi connectivity index (χ0v) is 16.9. The van der Waals surface area contributed by atoms with Gasteiger partial charge in [0.25, 0.3) is 0 Å². The average Bonchev–Trinajstić information content (AvgIpc) is 3.24. The molecule has 10 heteroatoms. The van der Waals surface area contributed by atoms with Gasteiger partial charge in [-0.1, -0.05) is 41.3 Å². The first-order valence-electron chi connectivity index (χ1n) is 8.40. The molecule has 3 aromatic rings. The number of hydrogen-bond acceptors (Lipinski definition) is 8. The van der Waals surface area contributed by atoms with E-state index in [1.807, 2.05) is 49.6 Å². The Hall–Kier alpha value is -2.46. The van der Waals surface area contributed by atoms with Crippen LogP contribution in [0.3, 0.4) is 0 Å². The first-order chi connectivity index (χ1) is 13.1. The van der Waals surface area contributed by atoms with Crippen LogP contribution < -0.4 is 10.1 Å². The molecule has 0 unspecified atom stereocenters. The summed E-state index contributed by atoms with van der Waals surface area (Å²) in [4.78, 5) is 12.1. The third-order valence-corrected chi connectivity index (χ3v) is 5.39. The second-order valence-electron chi connectivity index (χ2n) is 5.66. The Labute approximate surface area is 165 Å². The predicted octanol–water partition coefficient (Wildman–Crippen LogP) is 3.08. The van der Waals surface area contributed by atoms with Crippen LogP contribution in [0.15, 0.2) is 29.4 Å². The highest BCUT2D eigenvalue weighted by Gasteiger charge is 2.15. The van der Waals surface area contributed by atoms with Gasteiger partial charge in [-0.3, -0.25) is 10.1 Å². The molecule has 2 aromatic heterocycles. The molecule has 2 heterocycles. The maximum Gasteiger partial charge on any atom is 0.236 e. The molecule has 0 fully saturated rings. The van der Waals surface area contributed by atoms with Crippen molar-refractivity contribution in [3.63, 3.8) is 0 Å². The summed E-state index contributed by atoms with van der Waals surface area (Å²) in [6, 6.07) is 7.84. The minimum Gasteiger partial charge on any atom is -0.485 e. The number of aromatic nitrogens is 5. The molecule has 0 saturated heterocycles. The number of hydrogen-bond donors (Lipinski definition) is 1. The fourth-order valence-electron chi connectivity index (χ4n) is 2.34. The molecule has 0 atom stereocenters. The smallest absolute Gasteiger partial charge is 0.236 e. The Bertz CT molecular complexity index is 924. The molecule has 27 heavy (non-hydrogen) atoms. The lowest BCUT2D eigenvalue weighted by molar-refractivity contribution is -0.113. The van der Waals surface area contributed by atoms with Gasteiger partial charge in [0.15, 0.2) is 11.0 Å². The third-order valence-electron chi connectivity index (χ3n) is 3.66. The van der Waals surface area contributed by atoms with Crippen LogP contribution in [0.2, 0.25) is 0 Å². The molecule has 0 saturated carbocycles. The van der Waals surface area contributed by atoms with Crippen molar-refractivity contribution in [1.82, 2.24) is 25.0 Å². The zero-order chi connectivity index (χ0) is 19.2. The van der Waals surface area contributed by atoms with Crippen molar-refractivity contribution < 1.29 is 9.53 Å². The fourth-order valence-corrected chi connectivity index (χ4v) is 3.77. The second kappa shape index (κ2) is 8.96. The van der Waals surface area contributed by atoms with Crippen molar-refractivity contribution in [3.05, 3.63) is 40.7 Å². The van der Waals surface area contributed by atoms with Crippen molar-refractivity contribution in [3.8, 4) is 5.75 Å². The largest absolute Gasteiger partial charge is 0.485 e. The SMILES string of the molecule is CCn1c(COc2ccccc2C)nnc1SCC(=O)Nc1nnc(C)s1. The highest BCUT2D eigenvalue weighted by molar-refractivity contribution is 7.99. The Kier molecular flexibility index (Phi) is 6.40. The van der Waals surface area contributed by atoms with E-state index in [1.54, 1.807) is 0 Å². The normalized spacial score (nSPS) is 10.8. The number of carbonyl (C=O) groups is 1. The fraction of sp³-hybridized carbons (Fsp3) is 0.353. The first-order valence-corrected chi connectivity index (χ1v) is 10.2. The van der Waals surface area contributed by atoms with E-state index in [2.05, 4.69) is 25.7 Å². The molecule has 1 aromatic carbocycles. The number of nitrogens with zero attached hydrogens (tertiary/aromatic N) is 5. The van der Waals surface area contributed by atoms with Crippen LogP contribution in [0.1, 0.15) is 23.3 Å². The number of thioether (sulfide) groups is 1. The van der Waals surface area contributed by atoms with E-state index in [4.69, 9.17) is 4.74 Å². The number of ether oxygens (including phenoxy) is 1. The Morgan fingerprint density at radius 3 is 2.74 bits per heavy atom. The summed E-state index contributed by atoms with van der Waals surface area (Å²) in [6.07, 6.45) is 0. The molecule has 142 valence electrons. The lowest BCUT2D eigenvalue weighted by atomic mass is 10.2. The summed E-state index contributed by atoms with van der Waals surface area (Å²) in [5.41, 5.74) is 1.07. The van der Waals surface area contributed by atoms with E-state index in [0.717, 1.165) is 22.1 Å². The number of amides is 1. The standard InChI is InChI=1S/C17H20N6O2S2/c1-4-23-14(9-25-13-8-6-5-7-11(13)2)20-22-17(23)26-10-15(24)18-16-21-19-12(3)27-16/h5-8H,4,9-10H2,1-3H3,(H,18,21,24). The van der Waals surface area contributed by atoms with Gasteiger partial charge in [0, 0.05) is 6.54 Å². The van der Waals surface area contributed by atoms with Crippen LogP contribution in [-0.4, -0.2) is 36.6 Å². The summed E-state index contributed by atoms with van der Waals surface area (Å²) in [6.45, 7) is 6.86. The van der Waals surface area contributed by atoms with E-state index < -0.39 is 0 Å². The molecule has 1 amide bonds. The summed E-state index contributed by atoms with van der Waals surface area (Å²) in [7, 11) is 0. The molecule has 0 bridgehead atoms. The monoisotopic (exact) mass is 404 g/mol. The molecule has 0 aliphatic heterocycles. The van der Waals surface area contributed by atoms with Crippen LogP contribution in [0.25, 0.3) is 0 Å². The van der Waals surface area contributed by atoms with Crippen LogP contribution in [0.4, 0.5) is 5.13 Å². The van der Waals surface area contributed by atoms with Crippen LogP contribution >= 0.6 is 23.1 Å². The maximum absolute atomic E-state index is 12.1. The zero-order valence-electron chi connectivity index (χ0n) is 15.3. The number of para-hydroxylation sites is 1. The molecule has 8 nitrogen and oxygen atoms in total. The highest BCUT2D eigenvalue weighted by atomic mass is 32.2. The van der Waals surface area contributed by atoms with Crippen LogP contribution in [-0.2, 0) is 17.9 Å². The molecule has 0 radical (unpaired) electrons.